The average Bonchev–Trinajstić information content (AvgIpc) is 3.40. The predicted octanol–water partition coefficient (Wildman–Crippen LogP) is 1.84. The monoisotopic (exact) mass is 365 g/mol. The zero-order valence-corrected chi connectivity index (χ0v) is 15.6. The van der Waals surface area contributed by atoms with Crippen molar-refractivity contribution in [2.24, 2.45) is 11.8 Å². The quantitative estimate of drug-likeness (QED) is 0.698. The number of hydrogen-bond acceptors (Lipinski definition) is 7. The van der Waals surface area contributed by atoms with Crippen molar-refractivity contribution in [1.82, 2.24) is 29.8 Å². The maximum atomic E-state index is 4.95. The van der Waals surface area contributed by atoms with E-state index in [1.54, 1.807) is 12.6 Å². The second-order valence-electron chi connectivity index (χ2n) is 7.68. The molecule has 2 unspecified atom stereocenters. The third-order valence-corrected chi connectivity index (χ3v) is 5.63. The van der Waals surface area contributed by atoms with E-state index in [2.05, 4.69) is 36.1 Å². The van der Waals surface area contributed by atoms with E-state index in [1.807, 2.05) is 30.7 Å². The molecular formula is C19H23N7O. The molecule has 140 valence electrons. The van der Waals surface area contributed by atoms with Crippen LogP contribution >= 0.6 is 0 Å². The Morgan fingerprint density at radius 2 is 1.81 bits per heavy atom. The second-order valence-corrected chi connectivity index (χ2v) is 7.68. The van der Waals surface area contributed by atoms with Gasteiger partial charge in [0.2, 0.25) is 0 Å². The molecule has 5 rings (SSSR count). The van der Waals surface area contributed by atoms with Gasteiger partial charge < -0.3 is 9.42 Å². The summed E-state index contributed by atoms with van der Waals surface area (Å²) in [5, 5.41) is 8.57. The molecule has 2 aliphatic heterocycles. The summed E-state index contributed by atoms with van der Waals surface area (Å²) in [7, 11) is 0. The summed E-state index contributed by atoms with van der Waals surface area (Å²) < 4.78 is 6.83. The van der Waals surface area contributed by atoms with Crippen LogP contribution in [0.25, 0.3) is 5.82 Å². The summed E-state index contributed by atoms with van der Waals surface area (Å²) >= 11 is 0. The van der Waals surface area contributed by atoms with Gasteiger partial charge in [0.1, 0.15) is 18.4 Å². The largest absolute Gasteiger partial charge is 0.364 e. The van der Waals surface area contributed by atoms with Gasteiger partial charge in [-0.05, 0) is 31.7 Å². The molecule has 8 heteroatoms. The summed E-state index contributed by atoms with van der Waals surface area (Å²) in [5.41, 5.74) is 3.09. The van der Waals surface area contributed by atoms with Gasteiger partial charge in [-0.15, -0.1) is 0 Å². The third-order valence-electron chi connectivity index (χ3n) is 5.63. The maximum absolute atomic E-state index is 4.95. The van der Waals surface area contributed by atoms with Gasteiger partial charge >= 0.3 is 0 Å². The van der Waals surface area contributed by atoms with Gasteiger partial charge in [0.05, 0.1) is 11.4 Å². The zero-order valence-electron chi connectivity index (χ0n) is 15.6. The van der Waals surface area contributed by atoms with Gasteiger partial charge in [-0.1, -0.05) is 5.16 Å². The number of fused-ring (bicyclic) bond motifs is 1. The normalized spacial score (nSPS) is 22.5. The molecule has 27 heavy (non-hydrogen) atoms. The van der Waals surface area contributed by atoms with Crippen LogP contribution in [0.4, 0.5) is 5.82 Å². The number of hydrogen-bond donors (Lipinski definition) is 0. The highest BCUT2D eigenvalue weighted by Crippen LogP contribution is 2.34. The van der Waals surface area contributed by atoms with Crippen molar-refractivity contribution in [3.05, 3.63) is 47.9 Å². The Kier molecular flexibility index (Phi) is 3.93. The maximum Gasteiger partial charge on any atom is 0.159 e. The Labute approximate surface area is 157 Å². The van der Waals surface area contributed by atoms with Crippen LogP contribution in [-0.4, -0.2) is 56.0 Å². The standard InChI is InChI=1S/C19H23N7O/c1-13-5-14(2)26(22-13)19-6-18(20-12-21-19)25-9-15-7-24(8-16(15)10-25)11-17-3-4-27-23-17/h3-6,12,15-16H,7-11H2,1-2H3. The van der Waals surface area contributed by atoms with Gasteiger partial charge in [-0.2, -0.15) is 5.10 Å². The topological polar surface area (TPSA) is 76.1 Å². The Morgan fingerprint density at radius 1 is 1.04 bits per heavy atom. The van der Waals surface area contributed by atoms with E-state index in [1.165, 1.54) is 0 Å². The van der Waals surface area contributed by atoms with E-state index in [4.69, 9.17) is 4.52 Å². The van der Waals surface area contributed by atoms with Crippen LogP contribution in [-0.2, 0) is 6.54 Å². The van der Waals surface area contributed by atoms with Gasteiger partial charge in [0.15, 0.2) is 5.82 Å². The second kappa shape index (κ2) is 6.45. The highest BCUT2D eigenvalue weighted by Gasteiger charge is 2.40. The fourth-order valence-corrected chi connectivity index (χ4v) is 4.44. The number of likely N-dealkylation sites (tertiary alicyclic amines) is 1. The molecule has 0 aromatic carbocycles. The van der Waals surface area contributed by atoms with Crippen LogP contribution in [0.3, 0.4) is 0 Å². The molecule has 0 N–H and O–H groups in total. The SMILES string of the molecule is Cc1cc(C)n(-c2cc(N3CC4CN(Cc5ccon5)CC4C3)ncn2)n1. The Morgan fingerprint density at radius 3 is 2.48 bits per heavy atom. The summed E-state index contributed by atoms with van der Waals surface area (Å²) in [6, 6.07) is 6.06. The van der Waals surface area contributed by atoms with Crippen LogP contribution < -0.4 is 4.90 Å². The molecule has 2 atom stereocenters. The lowest BCUT2D eigenvalue weighted by Crippen LogP contribution is -2.29. The van der Waals surface area contributed by atoms with Gasteiger partial charge in [0.25, 0.3) is 0 Å². The molecule has 3 aromatic rings. The van der Waals surface area contributed by atoms with Crippen molar-refractivity contribution in [3.63, 3.8) is 0 Å². The molecular weight excluding hydrogens is 342 g/mol. The van der Waals surface area contributed by atoms with E-state index in [0.29, 0.717) is 11.8 Å². The van der Waals surface area contributed by atoms with Crippen LogP contribution in [0, 0.1) is 25.7 Å². The minimum Gasteiger partial charge on any atom is -0.364 e. The number of anilines is 1. The summed E-state index contributed by atoms with van der Waals surface area (Å²) in [5.74, 6) is 3.16. The van der Waals surface area contributed by atoms with Crippen LogP contribution in [0.5, 0.6) is 0 Å². The first-order valence-corrected chi connectivity index (χ1v) is 9.38. The van der Waals surface area contributed by atoms with E-state index in [-0.39, 0.29) is 0 Å². The number of rotatable bonds is 4. The fraction of sp³-hybridized carbons (Fsp3) is 0.474. The smallest absolute Gasteiger partial charge is 0.159 e. The summed E-state index contributed by atoms with van der Waals surface area (Å²) in [4.78, 5) is 13.8. The molecule has 3 aromatic heterocycles. The molecule has 2 saturated heterocycles. The van der Waals surface area contributed by atoms with Crippen molar-refractivity contribution in [3.8, 4) is 5.82 Å². The van der Waals surface area contributed by atoms with Crippen molar-refractivity contribution in [2.45, 2.75) is 20.4 Å². The number of nitrogens with zero attached hydrogens (tertiary/aromatic N) is 7. The molecule has 2 aliphatic rings. The first-order chi connectivity index (χ1) is 13.2. The lowest BCUT2D eigenvalue weighted by molar-refractivity contribution is 0.295. The first-order valence-electron chi connectivity index (χ1n) is 9.38. The molecule has 0 spiro atoms. The van der Waals surface area contributed by atoms with Gasteiger partial charge in [-0.3, -0.25) is 4.90 Å². The van der Waals surface area contributed by atoms with Crippen LogP contribution in [0.15, 0.2) is 35.3 Å². The number of aryl methyl sites for hydroxylation is 2. The minimum absolute atomic E-state index is 0.670. The lowest BCUT2D eigenvalue weighted by atomic mass is 10.0. The van der Waals surface area contributed by atoms with Crippen LogP contribution in [0.1, 0.15) is 17.1 Å². The highest BCUT2D eigenvalue weighted by atomic mass is 16.5. The molecule has 0 radical (unpaired) electrons. The fourth-order valence-electron chi connectivity index (χ4n) is 4.44. The third kappa shape index (κ3) is 3.10. The van der Waals surface area contributed by atoms with E-state index < -0.39 is 0 Å². The molecule has 0 amide bonds. The summed E-state index contributed by atoms with van der Waals surface area (Å²) in [6.07, 6.45) is 3.29. The lowest BCUT2D eigenvalue weighted by Gasteiger charge is -2.22. The van der Waals surface area contributed by atoms with Crippen molar-refractivity contribution < 1.29 is 4.52 Å². The Bertz CT molecular complexity index is 921. The molecule has 5 heterocycles. The molecule has 0 saturated carbocycles. The van der Waals surface area contributed by atoms with Crippen LogP contribution in [0.2, 0.25) is 0 Å². The highest BCUT2D eigenvalue weighted by molar-refractivity contribution is 5.45. The Hall–Kier alpha value is -2.74. The van der Waals surface area contributed by atoms with E-state index in [0.717, 1.165) is 61.4 Å². The summed E-state index contributed by atoms with van der Waals surface area (Å²) in [6.45, 7) is 9.19. The van der Waals surface area contributed by atoms with Gasteiger partial charge in [-0.25, -0.2) is 14.6 Å². The molecule has 0 aliphatic carbocycles. The van der Waals surface area contributed by atoms with E-state index in [9.17, 15) is 0 Å². The van der Waals surface area contributed by atoms with E-state index >= 15 is 0 Å². The van der Waals surface area contributed by atoms with Crippen molar-refractivity contribution in [2.75, 3.05) is 31.1 Å². The Balaban J connectivity index is 1.28. The zero-order chi connectivity index (χ0) is 18.4. The average molecular weight is 365 g/mol. The van der Waals surface area contributed by atoms with Crippen molar-refractivity contribution >= 4 is 5.82 Å². The molecule has 2 fully saturated rings. The predicted molar refractivity (Wildman–Crippen MR) is 99.6 cm³/mol. The minimum atomic E-state index is 0.670. The van der Waals surface area contributed by atoms with Gasteiger partial charge in [0, 0.05) is 50.6 Å². The number of aromatic nitrogens is 5. The molecule has 8 nitrogen and oxygen atoms in total. The van der Waals surface area contributed by atoms with Crippen molar-refractivity contribution in [1.29, 1.82) is 0 Å². The first kappa shape index (κ1) is 16.4. The molecule has 0 bridgehead atoms.